The highest BCUT2D eigenvalue weighted by atomic mass is 16.3. The van der Waals surface area contributed by atoms with Crippen molar-refractivity contribution in [2.75, 3.05) is 60.9 Å². The first-order chi connectivity index (χ1) is 28.4. The second-order valence-corrected chi connectivity index (χ2v) is 16.5. The summed E-state index contributed by atoms with van der Waals surface area (Å²) in [5.74, 6) is -0.0240. The summed E-state index contributed by atoms with van der Waals surface area (Å²) >= 11 is 0. The van der Waals surface area contributed by atoms with Crippen LogP contribution in [-0.4, -0.2) is 115 Å². The summed E-state index contributed by atoms with van der Waals surface area (Å²) in [5, 5.41) is 35.7. The smallest absolute Gasteiger partial charge is 0.329 e. The molecule has 5 amide bonds. The van der Waals surface area contributed by atoms with Crippen LogP contribution in [0, 0.1) is 17.2 Å². The summed E-state index contributed by atoms with van der Waals surface area (Å²) in [5.41, 5.74) is 2.78. The van der Waals surface area contributed by atoms with Crippen LogP contribution in [0.15, 0.2) is 61.1 Å². The summed E-state index contributed by atoms with van der Waals surface area (Å²) in [6.45, 7) is 8.09. The Bertz CT molecular complexity index is 2490. The Morgan fingerprint density at radius 2 is 1.71 bits per heavy atom. The molecule has 3 aliphatic heterocycles. The molecule has 4 aliphatic rings. The van der Waals surface area contributed by atoms with E-state index in [-0.39, 0.29) is 36.1 Å². The molecule has 0 radical (unpaired) electrons. The number of rotatable bonds is 8. The van der Waals surface area contributed by atoms with Crippen LogP contribution in [-0.2, 0) is 15.2 Å². The number of aromatic nitrogens is 5. The number of fused-ring (bicyclic) bond motifs is 2. The third-order valence-electron chi connectivity index (χ3n) is 12.3. The highest BCUT2D eigenvalue weighted by Crippen LogP contribution is 2.36. The van der Waals surface area contributed by atoms with E-state index in [0.717, 1.165) is 68.5 Å². The van der Waals surface area contributed by atoms with Crippen LogP contribution in [0.25, 0.3) is 16.4 Å². The molecule has 0 atom stereocenters. The Kier molecular flexibility index (Phi) is 9.76. The van der Waals surface area contributed by atoms with E-state index < -0.39 is 11.6 Å². The van der Waals surface area contributed by atoms with Gasteiger partial charge in [0.25, 0.3) is 5.91 Å². The SMILES string of the molecule is CC(C)(O)c1cc2nn(C3CCC(N4CCN(C(=O)C5CN(c6ccc(N7CCC(=O)NC7=O)nc6)C5)CC4)CC3)cc2cc1NC(=O)c1ccc2cc(C#N)cnn12. The summed E-state index contributed by atoms with van der Waals surface area (Å²) in [6, 6.07) is 14.7. The molecule has 4 aromatic heterocycles. The fraction of sp³-hybridized carbons (Fsp3) is 0.429. The number of hydrogen-bond acceptors (Lipinski definition) is 11. The number of nitrogens with one attached hydrogen (secondary N) is 2. The highest BCUT2D eigenvalue weighted by molar-refractivity contribution is 6.06. The van der Waals surface area contributed by atoms with Gasteiger partial charge in [0.15, 0.2) is 0 Å². The zero-order chi connectivity index (χ0) is 41.0. The number of pyridine rings is 1. The lowest BCUT2D eigenvalue weighted by molar-refractivity contribution is -0.138. The van der Waals surface area contributed by atoms with E-state index in [9.17, 15) is 29.5 Å². The monoisotopic (exact) mass is 798 g/mol. The number of piperazine rings is 1. The first-order valence-corrected chi connectivity index (χ1v) is 20.2. The van der Waals surface area contributed by atoms with Crippen molar-refractivity contribution in [3.05, 3.63) is 77.9 Å². The van der Waals surface area contributed by atoms with Gasteiger partial charge in [0, 0.05) is 81.1 Å². The number of anilines is 3. The van der Waals surface area contributed by atoms with Crippen molar-refractivity contribution in [3.8, 4) is 6.07 Å². The molecule has 1 saturated carbocycles. The summed E-state index contributed by atoms with van der Waals surface area (Å²) in [6.07, 6.45) is 9.41. The standard InChI is InChI=1S/C42H46N12O5/c1-42(2,59)33-19-34-27(18-35(33)46-39(56)36-9-7-31-17-26(20-43)21-45-54(31)36)25-53(48-34)30-5-3-29(4-6-30)49-13-15-50(16-14-49)40(57)28-23-51(24-28)32-8-10-37(44-22-32)52-12-11-38(55)47-41(52)58/h7-10,17-19,21-22,25,28-30,59H,3-6,11-16,23-24H2,1-2H3,(H,46,56)(H,47,55,58). The molecule has 304 valence electrons. The molecule has 1 aliphatic carbocycles. The quantitative estimate of drug-likeness (QED) is 0.207. The van der Waals surface area contributed by atoms with Gasteiger partial charge in [-0.2, -0.15) is 15.5 Å². The van der Waals surface area contributed by atoms with Gasteiger partial charge in [0.1, 0.15) is 17.6 Å². The Morgan fingerprint density at radius 3 is 2.41 bits per heavy atom. The maximum absolute atomic E-state index is 13.5. The van der Waals surface area contributed by atoms with E-state index in [1.54, 1.807) is 44.3 Å². The molecule has 3 N–H and O–H groups in total. The molecule has 17 nitrogen and oxygen atoms in total. The van der Waals surface area contributed by atoms with Gasteiger partial charge in [-0.15, -0.1) is 0 Å². The molecule has 3 saturated heterocycles. The van der Waals surface area contributed by atoms with E-state index in [0.29, 0.717) is 59.5 Å². The van der Waals surface area contributed by atoms with Crippen molar-refractivity contribution in [2.24, 2.45) is 5.92 Å². The number of imide groups is 1. The molecule has 1 aromatic carbocycles. The van der Waals surface area contributed by atoms with E-state index in [1.165, 1.54) is 15.6 Å². The normalized spacial score (nSPS) is 20.7. The zero-order valence-electron chi connectivity index (χ0n) is 33.0. The Morgan fingerprint density at radius 1 is 0.949 bits per heavy atom. The van der Waals surface area contributed by atoms with Crippen LogP contribution in [0.5, 0.6) is 0 Å². The molecule has 0 spiro atoms. The number of amides is 5. The molecule has 0 bridgehead atoms. The minimum Gasteiger partial charge on any atom is -0.386 e. The van der Waals surface area contributed by atoms with Gasteiger partial charge in [0.2, 0.25) is 11.8 Å². The van der Waals surface area contributed by atoms with Crippen molar-refractivity contribution in [3.63, 3.8) is 0 Å². The summed E-state index contributed by atoms with van der Waals surface area (Å²) in [4.78, 5) is 63.2. The molecule has 0 unspecified atom stereocenters. The topological polar surface area (TPSA) is 197 Å². The predicted octanol–water partition coefficient (Wildman–Crippen LogP) is 3.64. The highest BCUT2D eigenvalue weighted by Gasteiger charge is 2.38. The number of nitriles is 1. The predicted molar refractivity (Wildman–Crippen MR) is 218 cm³/mol. The van der Waals surface area contributed by atoms with Crippen LogP contribution in [0.1, 0.15) is 73.6 Å². The van der Waals surface area contributed by atoms with Crippen LogP contribution < -0.4 is 20.4 Å². The second kappa shape index (κ2) is 15.1. The number of urea groups is 1. The largest absolute Gasteiger partial charge is 0.386 e. The Labute approximate surface area is 340 Å². The fourth-order valence-corrected chi connectivity index (χ4v) is 8.91. The van der Waals surface area contributed by atoms with Crippen molar-refractivity contribution in [2.45, 2.75) is 63.6 Å². The molecule has 9 rings (SSSR count). The lowest BCUT2D eigenvalue weighted by Gasteiger charge is -2.45. The average molecular weight is 799 g/mol. The summed E-state index contributed by atoms with van der Waals surface area (Å²) < 4.78 is 3.53. The maximum Gasteiger partial charge on any atom is 0.329 e. The van der Waals surface area contributed by atoms with Gasteiger partial charge < -0.3 is 20.2 Å². The Balaban J connectivity index is 0.770. The van der Waals surface area contributed by atoms with E-state index in [1.807, 2.05) is 34.0 Å². The number of aliphatic hydroxyl groups is 1. The van der Waals surface area contributed by atoms with Gasteiger partial charge in [-0.1, -0.05) is 0 Å². The van der Waals surface area contributed by atoms with Crippen LogP contribution in [0.3, 0.4) is 0 Å². The first-order valence-electron chi connectivity index (χ1n) is 20.2. The van der Waals surface area contributed by atoms with Gasteiger partial charge in [-0.3, -0.25) is 34.2 Å². The molecular formula is C42H46N12O5. The van der Waals surface area contributed by atoms with E-state index in [4.69, 9.17) is 5.10 Å². The lowest BCUT2D eigenvalue weighted by atomic mass is 9.89. The van der Waals surface area contributed by atoms with Crippen molar-refractivity contribution in [1.82, 2.24) is 39.5 Å². The first kappa shape index (κ1) is 38.2. The van der Waals surface area contributed by atoms with Crippen molar-refractivity contribution in [1.29, 1.82) is 5.26 Å². The van der Waals surface area contributed by atoms with Crippen LogP contribution >= 0.6 is 0 Å². The lowest BCUT2D eigenvalue weighted by Crippen LogP contribution is -2.59. The third-order valence-corrected chi connectivity index (χ3v) is 12.3. The van der Waals surface area contributed by atoms with Crippen LogP contribution in [0.4, 0.5) is 22.0 Å². The fourth-order valence-electron chi connectivity index (χ4n) is 8.91. The molecular weight excluding hydrogens is 753 g/mol. The minimum atomic E-state index is -1.25. The molecule has 7 heterocycles. The third kappa shape index (κ3) is 7.45. The second-order valence-electron chi connectivity index (χ2n) is 16.5. The zero-order valence-corrected chi connectivity index (χ0v) is 33.0. The number of nitrogens with zero attached hydrogens (tertiary/aromatic N) is 10. The van der Waals surface area contributed by atoms with E-state index >= 15 is 0 Å². The molecule has 59 heavy (non-hydrogen) atoms. The van der Waals surface area contributed by atoms with Gasteiger partial charge in [-0.25, -0.2) is 14.3 Å². The van der Waals surface area contributed by atoms with Gasteiger partial charge in [0.05, 0.1) is 52.2 Å². The molecule has 4 fully saturated rings. The van der Waals surface area contributed by atoms with E-state index in [2.05, 4.69) is 36.6 Å². The van der Waals surface area contributed by atoms with Crippen molar-refractivity contribution < 1.29 is 24.3 Å². The maximum atomic E-state index is 13.5. The number of carbonyl (C=O) groups is 4. The number of benzene rings is 1. The molecule has 5 aromatic rings. The number of carbonyl (C=O) groups excluding carboxylic acids is 4. The summed E-state index contributed by atoms with van der Waals surface area (Å²) in [7, 11) is 0. The van der Waals surface area contributed by atoms with Gasteiger partial charge >= 0.3 is 6.03 Å². The van der Waals surface area contributed by atoms with Crippen LogP contribution in [0.2, 0.25) is 0 Å². The molecule has 17 heteroatoms. The Hall–Kier alpha value is -6.38. The number of hydrogen-bond donors (Lipinski definition) is 3. The average Bonchev–Trinajstić information content (AvgIpc) is 3.84. The minimum absolute atomic E-state index is 0.0521. The van der Waals surface area contributed by atoms with Gasteiger partial charge in [-0.05, 0) is 82.0 Å². The van der Waals surface area contributed by atoms with Crippen molar-refractivity contribution >= 4 is 57.4 Å².